The van der Waals surface area contributed by atoms with E-state index in [4.69, 9.17) is 5.11 Å². The van der Waals surface area contributed by atoms with E-state index in [2.05, 4.69) is 10.3 Å². The van der Waals surface area contributed by atoms with E-state index < -0.39 is 17.7 Å². The lowest BCUT2D eigenvalue weighted by Gasteiger charge is -2.05. The van der Waals surface area contributed by atoms with E-state index in [1.165, 1.54) is 36.5 Å². The third-order valence-corrected chi connectivity index (χ3v) is 2.33. The highest BCUT2D eigenvalue weighted by molar-refractivity contribution is 6.04. The second-order valence-electron chi connectivity index (χ2n) is 3.70. The Morgan fingerprint density at radius 2 is 2.00 bits per heavy atom. The summed E-state index contributed by atoms with van der Waals surface area (Å²) in [5.74, 6) is -2.15. The highest BCUT2D eigenvalue weighted by Crippen LogP contribution is 2.10. The first-order chi connectivity index (χ1) is 9.06. The van der Waals surface area contributed by atoms with Crippen molar-refractivity contribution in [3.8, 4) is 0 Å². The number of hydrogen-bond acceptors (Lipinski definition) is 3. The number of rotatable bonds is 3. The van der Waals surface area contributed by atoms with Gasteiger partial charge in [-0.2, -0.15) is 0 Å². The quantitative estimate of drug-likeness (QED) is 0.886. The number of halogens is 1. The lowest BCUT2D eigenvalue weighted by atomic mass is 10.2. The summed E-state index contributed by atoms with van der Waals surface area (Å²) in [7, 11) is 0. The molecule has 0 aliphatic carbocycles. The van der Waals surface area contributed by atoms with Gasteiger partial charge in [-0.3, -0.25) is 4.79 Å². The first-order valence-corrected chi connectivity index (χ1v) is 5.32. The normalized spacial score (nSPS) is 9.95. The average Bonchev–Trinajstić information content (AvgIpc) is 2.39. The van der Waals surface area contributed by atoms with E-state index in [0.29, 0.717) is 5.69 Å². The van der Waals surface area contributed by atoms with Crippen molar-refractivity contribution in [1.29, 1.82) is 0 Å². The second kappa shape index (κ2) is 5.26. The minimum absolute atomic E-state index is 0.122. The molecule has 0 aliphatic heterocycles. The van der Waals surface area contributed by atoms with Crippen LogP contribution in [0.4, 0.5) is 10.1 Å². The van der Waals surface area contributed by atoms with Crippen LogP contribution in [0.15, 0.2) is 42.6 Å². The van der Waals surface area contributed by atoms with E-state index in [0.717, 1.165) is 6.07 Å². The number of benzene rings is 1. The third-order valence-electron chi connectivity index (χ3n) is 2.33. The summed E-state index contributed by atoms with van der Waals surface area (Å²) in [6, 6.07) is 7.92. The zero-order valence-electron chi connectivity index (χ0n) is 9.63. The zero-order chi connectivity index (χ0) is 13.8. The molecule has 1 heterocycles. The van der Waals surface area contributed by atoms with Crippen LogP contribution in [0.1, 0.15) is 20.8 Å². The Morgan fingerprint density at radius 3 is 2.58 bits per heavy atom. The van der Waals surface area contributed by atoms with E-state index in [9.17, 15) is 14.0 Å². The Kier molecular flexibility index (Phi) is 3.51. The molecule has 0 atom stereocenters. The number of amides is 1. The summed E-state index contributed by atoms with van der Waals surface area (Å²) < 4.78 is 13.0. The van der Waals surface area contributed by atoms with Gasteiger partial charge in [-0.1, -0.05) is 6.07 Å². The van der Waals surface area contributed by atoms with Crippen molar-refractivity contribution < 1.29 is 19.1 Å². The topological polar surface area (TPSA) is 79.3 Å². The Hall–Kier alpha value is -2.76. The molecule has 5 nitrogen and oxygen atoms in total. The summed E-state index contributed by atoms with van der Waals surface area (Å²) in [4.78, 5) is 26.0. The molecule has 0 saturated carbocycles. The van der Waals surface area contributed by atoms with Gasteiger partial charge < -0.3 is 10.4 Å². The molecule has 0 aliphatic rings. The van der Waals surface area contributed by atoms with Crippen molar-refractivity contribution in [2.24, 2.45) is 0 Å². The van der Waals surface area contributed by atoms with Gasteiger partial charge >= 0.3 is 5.97 Å². The maximum Gasteiger partial charge on any atom is 0.354 e. The molecule has 0 saturated heterocycles. The van der Waals surface area contributed by atoms with Crippen molar-refractivity contribution in [3.05, 3.63) is 59.7 Å². The maximum atomic E-state index is 13.0. The molecule has 0 fully saturated rings. The standard InChI is InChI=1S/C13H9FN2O3/c14-9-3-1-2-8(6-9)12(17)16-10-4-5-11(13(18)19)15-7-10/h1-7H,(H,16,17)(H,18,19). The first-order valence-electron chi connectivity index (χ1n) is 5.32. The van der Waals surface area contributed by atoms with E-state index >= 15 is 0 Å². The number of aromatic nitrogens is 1. The molecule has 19 heavy (non-hydrogen) atoms. The van der Waals surface area contributed by atoms with Crippen LogP contribution in [0.3, 0.4) is 0 Å². The highest BCUT2D eigenvalue weighted by atomic mass is 19.1. The van der Waals surface area contributed by atoms with Gasteiger partial charge in [0.15, 0.2) is 0 Å². The number of hydrogen-bond donors (Lipinski definition) is 2. The predicted molar refractivity (Wildman–Crippen MR) is 65.5 cm³/mol. The van der Waals surface area contributed by atoms with E-state index in [1.54, 1.807) is 0 Å². The fraction of sp³-hybridized carbons (Fsp3) is 0. The molecule has 1 aromatic heterocycles. The molecule has 6 heteroatoms. The molecule has 2 aromatic rings. The summed E-state index contributed by atoms with van der Waals surface area (Å²) >= 11 is 0. The van der Waals surface area contributed by atoms with Crippen molar-refractivity contribution in [1.82, 2.24) is 4.98 Å². The summed E-state index contributed by atoms with van der Waals surface area (Å²) in [6.07, 6.45) is 1.22. The number of carbonyl (C=O) groups is 2. The molecule has 0 spiro atoms. The van der Waals surface area contributed by atoms with Crippen LogP contribution in [-0.4, -0.2) is 22.0 Å². The van der Waals surface area contributed by atoms with Gasteiger partial charge in [0, 0.05) is 5.56 Å². The monoisotopic (exact) mass is 260 g/mol. The number of carboxylic acids is 1. The molecule has 0 bridgehead atoms. The van der Waals surface area contributed by atoms with Gasteiger partial charge in [0.1, 0.15) is 11.5 Å². The molecule has 1 aromatic carbocycles. The molecule has 0 radical (unpaired) electrons. The van der Waals surface area contributed by atoms with Crippen LogP contribution in [-0.2, 0) is 0 Å². The number of pyridine rings is 1. The lowest BCUT2D eigenvalue weighted by molar-refractivity contribution is 0.0690. The van der Waals surface area contributed by atoms with Crippen molar-refractivity contribution in [2.45, 2.75) is 0 Å². The summed E-state index contributed by atoms with van der Waals surface area (Å²) in [5, 5.41) is 11.2. The van der Waals surface area contributed by atoms with Crippen LogP contribution in [0.5, 0.6) is 0 Å². The van der Waals surface area contributed by atoms with Gasteiger partial charge in [-0.25, -0.2) is 14.2 Å². The minimum Gasteiger partial charge on any atom is -0.477 e. The van der Waals surface area contributed by atoms with E-state index in [1.807, 2.05) is 0 Å². The van der Waals surface area contributed by atoms with Gasteiger partial charge in [0.2, 0.25) is 0 Å². The van der Waals surface area contributed by atoms with Gasteiger partial charge in [0.25, 0.3) is 5.91 Å². The molecule has 96 valence electrons. The largest absolute Gasteiger partial charge is 0.477 e. The number of aromatic carboxylic acids is 1. The van der Waals surface area contributed by atoms with Gasteiger partial charge in [0.05, 0.1) is 11.9 Å². The lowest BCUT2D eigenvalue weighted by Crippen LogP contribution is -2.12. The Morgan fingerprint density at radius 1 is 1.21 bits per heavy atom. The second-order valence-corrected chi connectivity index (χ2v) is 3.70. The number of nitrogens with one attached hydrogen (secondary N) is 1. The predicted octanol–water partition coefficient (Wildman–Crippen LogP) is 2.17. The van der Waals surface area contributed by atoms with Gasteiger partial charge in [-0.15, -0.1) is 0 Å². The number of carboxylic acid groups (broad SMARTS) is 1. The van der Waals surface area contributed by atoms with Crippen LogP contribution >= 0.6 is 0 Å². The Labute approximate surface area is 107 Å². The Bertz CT molecular complexity index is 626. The molecule has 0 unspecified atom stereocenters. The average molecular weight is 260 g/mol. The summed E-state index contributed by atoms with van der Waals surface area (Å²) in [5.41, 5.74) is 0.380. The highest BCUT2D eigenvalue weighted by Gasteiger charge is 2.08. The Balaban J connectivity index is 2.13. The molecular weight excluding hydrogens is 251 g/mol. The zero-order valence-corrected chi connectivity index (χ0v) is 9.63. The van der Waals surface area contributed by atoms with Crippen LogP contribution < -0.4 is 5.32 Å². The third kappa shape index (κ3) is 3.12. The maximum absolute atomic E-state index is 13.0. The minimum atomic E-state index is -1.15. The van der Waals surface area contributed by atoms with Gasteiger partial charge in [-0.05, 0) is 30.3 Å². The van der Waals surface area contributed by atoms with E-state index in [-0.39, 0.29) is 11.3 Å². The van der Waals surface area contributed by atoms with Crippen molar-refractivity contribution in [3.63, 3.8) is 0 Å². The molecule has 1 amide bonds. The van der Waals surface area contributed by atoms with Crippen LogP contribution in [0.2, 0.25) is 0 Å². The van der Waals surface area contributed by atoms with Crippen LogP contribution in [0.25, 0.3) is 0 Å². The molecular formula is C13H9FN2O3. The molecule has 2 rings (SSSR count). The fourth-order valence-electron chi connectivity index (χ4n) is 1.43. The molecule has 2 N–H and O–H groups in total. The smallest absolute Gasteiger partial charge is 0.354 e. The number of carbonyl (C=O) groups excluding carboxylic acids is 1. The number of anilines is 1. The van der Waals surface area contributed by atoms with Crippen molar-refractivity contribution in [2.75, 3.05) is 5.32 Å². The SMILES string of the molecule is O=C(Nc1ccc(C(=O)O)nc1)c1cccc(F)c1. The first kappa shape index (κ1) is 12.7. The number of nitrogens with zero attached hydrogens (tertiary/aromatic N) is 1. The van der Waals surface area contributed by atoms with Crippen molar-refractivity contribution >= 4 is 17.6 Å². The van der Waals surface area contributed by atoms with Crippen LogP contribution in [0, 0.1) is 5.82 Å². The summed E-state index contributed by atoms with van der Waals surface area (Å²) in [6.45, 7) is 0. The fourth-order valence-corrected chi connectivity index (χ4v) is 1.43.